The highest BCUT2D eigenvalue weighted by Gasteiger charge is 2.00. The van der Waals surface area contributed by atoms with Crippen LogP contribution < -0.4 is 0 Å². The molecule has 0 spiro atoms. The van der Waals surface area contributed by atoms with Crippen molar-refractivity contribution < 1.29 is 0 Å². The summed E-state index contributed by atoms with van der Waals surface area (Å²) in [6.45, 7) is 4.13. The highest BCUT2D eigenvalue weighted by Crippen LogP contribution is 2.21. The molecule has 0 bridgehead atoms. The molecule has 1 aromatic rings. The van der Waals surface area contributed by atoms with E-state index in [1.54, 1.807) is 0 Å². The van der Waals surface area contributed by atoms with E-state index in [9.17, 15) is 0 Å². The molecule has 0 aliphatic rings. The van der Waals surface area contributed by atoms with E-state index in [0.29, 0.717) is 0 Å². The van der Waals surface area contributed by atoms with Crippen LogP contribution in [0.4, 0.5) is 0 Å². The summed E-state index contributed by atoms with van der Waals surface area (Å²) in [5.74, 6) is 0.765. The lowest BCUT2D eigenvalue weighted by Gasteiger charge is -2.05. The molecular formula is C11H13ClS. The summed E-state index contributed by atoms with van der Waals surface area (Å²) < 4.78 is 0. The van der Waals surface area contributed by atoms with Crippen LogP contribution in [0.25, 0.3) is 6.08 Å². The molecule has 0 saturated heterocycles. The Morgan fingerprint density at radius 3 is 2.31 bits per heavy atom. The molecule has 1 rings (SSSR count). The number of thiol groups is 1. The van der Waals surface area contributed by atoms with Crippen LogP contribution in [0.3, 0.4) is 0 Å². The molecule has 0 amide bonds. The zero-order valence-electron chi connectivity index (χ0n) is 7.84. The third-order valence-corrected chi connectivity index (χ3v) is 2.38. The fourth-order valence-electron chi connectivity index (χ4n) is 1.36. The van der Waals surface area contributed by atoms with Gasteiger partial charge in [0, 0.05) is 10.8 Å². The molecule has 0 unspecified atom stereocenters. The van der Waals surface area contributed by atoms with Crippen LogP contribution in [0.2, 0.25) is 5.02 Å². The van der Waals surface area contributed by atoms with Crippen molar-refractivity contribution in [3.05, 3.63) is 39.9 Å². The zero-order chi connectivity index (χ0) is 9.84. The van der Waals surface area contributed by atoms with E-state index in [0.717, 1.165) is 10.8 Å². The van der Waals surface area contributed by atoms with Crippen LogP contribution in [0.15, 0.2) is 18.2 Å². The fraction of sp³-hybridized carbons (Fsp3) is 0.273. The van der Waals surface area contributed by atoms with Crippen LogP contribution in [0, 0.1) is 13.8 Å². The number of rotatable bonds is 2. The van der Waals surface area contributed by atoms with Crippen molar-refractivity contribution in [1.29, 1.82) is 0 Å². The van der Waals surface area contributed by atoms with Gasteiger partial charge in [0.25, 0.3) is 0 Å². The van der Waals surface area contributed by atoms with Crippen molar-refractivity contribution in [1.82, 2.24) is 0 Å². The largest absolute Gasteiger partial charge is 0.175 e. The van der Waals surface area contributed by atoms with Gasteiger partial charge in [-0.05, 0) is 42.7 Å². The van der Waals surface area contributed by atoms with Crippen LogP contribution in [0.1, 0.15) is 16.7 Å². The first-order valence-corrected chi connectivity index (χ1v) is 5.20. The van der Waals surface area contributed by atoms with Gasteiger partial charge in [-0.25, -0.2) is 0 Å². The predicted octanol–water partition coefficient (Wildman–Crippen LogP) is 3.90. The summed E-state index contributed by atoms with van der Waals surface area (Å²) in [5, 5.41) is 0.804. The van der Waals surface area contributed by atoms with E-state index >= 15 is 0 Å². The van der Waals surface area contributed by atoms with E-state index in [-0.39, 0.29) is 0 Å². The van der Waals surface area contributed by atoms with E-state index < -0.39 is 0 Å². The summed E-state index contributed by atoms with van der Waals surface area (Å²) >= 11 is 10.0. The highest BCUT2D eigenvalue weighted by molar-refractivity contribution is 7.80. The molecule has 0 aliphatic heterocycles. The van der Waals surface area contributed by atoms with Crippen molar-refractivity contribution in [2.75, 3.05) is 5.75 Å². The van der Waals surface area contributed by atoms with E-state index in [4.69, 9.17) is 11.6 Å². The highest BCUT2D eigenvalue weighted by atomic mass is 35.5. The van der Waals surface area contributed by atoms with Crippen molar-refractivity contribution in [3.8, 4) is 0 Å². The zero-order valence-corrected chi connectivity index (χ0v) is 9.49. The maximum absolute atomic E-state index is 5.92. The average molecular weight is 213 g/mol. The average Bonchev–Trinajstić information content (AvgIpc) is 2.02. The molecule has 0 fully saturated rings. The second-order valence-electron chi connectivity index (χ2n) is 3.04. The summed E-state index contributed by atoms with van der Waals surface area (Å²) in [5.41, 5.74) is 3.67. The molecular weight excluding hydrogens is 200 g/mol. The summed E-state index contributed by atoms with van der Waals surface area (Å²) in [6, 6.07) is 3.96. The van der Waals surface area contributed by atoms with E-state index in [1.807, 2.05) is 18.2 Å². The molecule has 2 heteroatoms. The molecule has 0 atom stereocenters. The smallest absolute Gasteiger partial charge is 0.0411 e. The van der Waals surface area contributed by atoms with Crippen molar-refractivity contribution >= 4 is 30.3 Å². The van der Waals surface area contributed by atoms with Gasteiger partial charge in [0.05, 0.1) is 0 Å². The summed E-state index contributed by atoms with van der Waals surface area (Å²) in [6.07, 6.45) is 4.13. The lowest BCUT2D eigenvalue weighted by molar-refractivity contribution is 1.35. The Morgan fingerprint density at radius 1 is 1.31 bits per heavy atom. The molecule has 0 N–H and O–H groups in total. The molecule has 0 saturated carbocycles. The van der Waals surface area contributed by atoms with Crippen LogP contribution in [0.5, 0.6) is 0 Å². The molecule has 0 aromatic heterocycles. The Bertz CT molecular complexity index is 306. The second kappa shape index (κ2) is 4.73. The predicted molar refractivity (Wildman–Crippen MR) is 63.8 cm³/mol. The molecule has 0 heterocycles. The maximum Gasteiger partial charge on any atom is 0.0411 e. The molecule has 0 nitrogen and oxygen atoms in total. The normalized spacial score (nSPS) is 11.1. The number of hydrogen-bond donors (Lipinski definition) is 1. The molecule has 1 aromatic carbocycles. The van der Waals surface area contributed by atoms with Gasteiger partial charge >= 0.3 is 0 Å². The van der Waals surface area contributed by atoms with Gasteiger partial charge in [-0.15, -0.1) is 0 Å². The minimum absolute atomic E-state index is 0.765. The molecule has 0 radical (unpaired) electrons. The van der Waals surface area contributed by atoms with Crippen LogP contribution >= 0.6 is 24.2 Å². The quantitative estimate of drug-likeness (QED) is 0.707. The van der Waals surface area contributed by atoms with Gasteiger partial charge in [0.1, 0.15) is 0 Å². The summed E-state index contributed by atoms with van der Waals surface area (Å²) in [4.78, 5) is 0. The number of hydrogen-bond acceptors (Lipinski definition) is 1. The fourth-order valence-corrected chi connectivity index (χ4v) is 1.79. The first-order valence-electron chi connectivity index (χ1n) is 4.19. The number of halogens is 1. The Hall–Kier alpha value is -0.400. The Labute approximate surface area is 90.0 Å². The van der Waals surface area contributed by atoms with Crippen molar-refractivity contribution in [2.24, 2.45) is 0 Å². The van der Waals surface area contributed by atoms with Gasteiger partial charge in [0.15, 0.2) is 0 Å². The third kappa shape index (κ3) is 2.78. The van der Waals surface area contributed by atoms with Gasteiger partial charge in [0.2, 0.25) is 0 Å². The second-order valence-corrected chi connectivity index (χ2v) is 3.84. The van der Waals surface area contributed by atoms with E-state index in [2.05, 4.69) is 32.6 Å². The number of benzene rings is 1. The lowest BCUT2D eigenvalue weighted by Crippen LogP contribution is -1.86. The van der Waals surface area contributed by atoms with Crippen LogP contribution in [-0.2, 0) is 0 Å². The standard InChI is InChI=1S/C11H13ClS/c1-8-6-10(12)7-9(2)11(8)4-3-5-13/h3-4,6-7,13H,5H2,1-2H3. The minimum Gasteiger partial charge on any atom is -0.175 e. The Morgan fingerprint density at radius 2 is 1.85 bits per heavy atom. The Balaban J connectivity index is 3.13. The first-order chi connectivity index (χ1) is 6.15. The van der Waals surface area contributed by atoms with Crippen molar-refractivity contribution in [2.45, 2.75) is 13.8 Å². The van der Waals surface area contributed by atoms with Gasteiger partial charge in [-0.1, -0.05) is 23.8 Å². The SMILES string of the molecule is Cc1cc(Cl)cc(C)c1C=CCS. The van der Waals surface area contributed by atoms with Gasteiger partial charge in [-0.2, -0.15) is 12.6 Å². The monoisotopic (exact) mass is 212 g/mol. The molecule has 13 heavy (non-hydrogen) atoms. The number of aryl methyl sites for hydroxylation is 2. The van der Waals surface area contributed by atoms with Gasteiger partial charge < -0.3 is 0 Å². The molecule has 0 aliphatic carbocycles. The minimum atomic E-state index is 0.765. The van der Waals surface area contributed by atoms with Crippen LogP contribution in [-0.4, -0.2) is 5.75 Å². The molecule has 70 valence electrons. The topological polar surface area (TPSA) is 0 Å². The lowest BCUT2D eigenvalue weighted by atomic mass is 10.0. The van der Waals surface area contributed by atoms with E-state index in [1.165, 1.54) is 16.7 Å². The van der Waals surface area contributed by atoms with Gasteiger partial charge in [-0.3, -0.25) is 0 Å². The first kappa shape index (κ1) is 10.7. The maximum atomic E-state index is 5.92. The Kier molecular flexibility index (Phi) is 3.89. The third-order valence-electron chi connectivity index (χ3n) is 1.95. The van der Waals surface area contributed by atoms with Crippen molar-refractivity contribution in [3.63, 3.8) is 0 Å². The summed E-state index contributed by atoms with van der Waals surface area (Å²) in [7, 11) is 0.